The number of hydrogen-bond acceptors (Lipinski definition) is 9. The van der Waals surface area contributed by atoms with Gasteiger partial charge in [-0.05, 0) is 63.6 Å². The summed E-state index contributed by atoms with van der Waals surface area (Å²) in [5.74, 6) is 0.836. The molecule has 0 bridgehead atoms. The van der Waals surface area contributed by atoms with Gasteiger partial charge in [-0.1, -0.05) is 18.3 Å². The van der Waals surface area contributed by atoms with Gasteiger partial charge in [0.15, 0.2) is 11.5 Å². The molecule has 10 nitrogen and oxygen atoms in total. The lowest BCUT2D eigenvalue weighted by Gasteiger charge is -2.17. The van der Waals surface area contributed by atoms with Gasteiger partial charge in [-0.15, -0.1) is 10.2 Å². The van der Waals surface area contributed by atoms with Gasteiger partial charge in [0.25, 0.3) is 15.9 Å². The number of benzene rings is 2. The summed E-state index contributed by atoms with van der Waals surface area (Å²) in [7, 11) is -3.84. The molecule has 3 rings (SSSR count). The number of carbonyl (C=O) groups excluding carboxylic acids is 1. The fourth-order valence-corrected chi connectivity index (χ4v) is 4.96. The highest BCUT2D eigenvalue weighted by Gasteiger charge is 2.20. The molecular weight excluding hydrogens is 492 g/mol. The van der Waals surface area contributed by atoms with Gasteiger partial charge in [0.2, 0.25) is 10.9 Å². The van der Waals surface area contributed by atoms with E-state index >= 15 is 0 Å². The molecular formula is C23H28N4O6S2. The number of aryl methyl sites for hydroxylation is 1. The number of aromatic nitrogens is 2. The molecule has 0 saturated heterocycles. The lowest BCUT2D eigenvalue weighted by Crippen LogP contribution is -2.15. The van der Waals surface area contributed by atoms with Gasteiger partial charge < -0.3 is 19.5 Å². The number of ether oxygens (including phenoxy) is 3. The molecule has 188 valence electrons. The van der Waals surface area contributed by atoms with Crippen LogP contribution in [0.2, 0.25) is 0 Å². The maximum absolute atomic E-state index is 12.9. The van der Waals surface area contributed by atoms with Crippen molar-refractivity contribution in [2.24, 2.45) is 0 Å². The first-order valence-corrected chi connectivity index (χ1v) is 13.4. The minimum Gasteiger partial charge on any atom is -0.490 e. The van der Waals surface area contributed by atoms with Crippen LogP contribution in [0.25, 0.3) is 0 Å². The minimum atomic E-state index is -3.84. The van der Waals surface area contributed by atoms with Crippen LogP contribution < -0.4 is 24.2 Å². The second-order valence-corrected chi connectivity index (χ2v) is 9.78. The summed E-state index contributed by atoms with van der Waals surface area (Å²) in [6.07, 6.45) is 0.667. The van der Waals surface area contributed by atoms with Crippen molar-refractivity contribution in [1.29, 1.82) is 0 Å². The number of nitrogens with zero attached hydrogens (tertiary/aromatic N) is 2. The second-order valence-electron chi connectivity index (χ2n) is 7.04. The highest BCUT2D eigenvalue weighted by atomic mass is 32.2. The van der Waals surface area contributed by atoms with Crippen molar-refractivity contribution in [3.05, 3.63) is 47.0 Å². The Balaban J connectivity index is 1.78. The van der Waals surface area contributed by atoms with Crippen LogP contribution in [0.5, 0.6) is 17.2 Å². The summed E-state index contributed by atoms with van der Waals surface area (Å²) in [4.78, 5) is 13.0. The zero-order valence-electron chi connectivity index (χ0n) is 20.0. The summed E-state index contributed by atoms with van der Waals surface area (Å²) in [6, 6.07) is 8.98. The van der Waals surface area contributed by atoms with Crippen molar-refractivity contribution in [1.82, 2.24) is 10.2 Å². The molecule has 2 N–H and O–H groups in total. The van der Waals surface area contributed by atoms with Gasteiger partial charge in [0.05, 0.1) is 24.7 Å². The molecule has 0 unspecified atom stereocenters. The Labute approximate surface area is 208 Å². The number of nitrogens with one attached hydrogen (secondary N) is 2. The minimum absolute atomic E-state index is 0.0297. The summed E-state index contributed by atoms with van der Waals surface area (Å²) in [6.45, 7) is 8.61. The molecule has 0 fully saturated rings. The van der Waals surface area contributed by atoms with Gasteiger partial charge in [-0.3, -0.25) is 9.52 Å². The molecule has 0 saturated carbocycles. The molecule has 0 atom stereocenters. The lowest BCUT2D eigenvalue weighted by molar-refractivity contribution is 0.102. The topological polar surface area (TPSA) is 129 Å². The van der Waals surface area contributed by atoms with E-state index < -0.39 is 15.9 Å². The Morgan fingerprint density at radius 2 is 1.51 bits per heavy atom. The van der Waals surface area contributed by atoms with Gasteiger partial charge in [0, 0.05) is 11.3 Å². The quantitative estimate of drug-likeness (QED) is 0.361. The van der Waals surface area contributed by atoms with Crippen molar-refractivity contribution in [2.75, 3.05) is 29.9 Å². The molecule has 0 aliphatic heterocycles. The summed E-state index contributed by atoms with van der Waals surface area (Å²) in [5.41, 5.74) is 0.727. The first-order valence-electron chi connectivity index (χ1n) is 11.1. The van der Waals surface area contributed by atoms with Crippen LogP contribution in [-0.4, -0.2) is 44.3 Å². The number of carbonyl (C=O) groups is 1. The van der Waals surface area contributed by atoms with Crippen molar-refractivity contribution in [3.63, 3.8) is 0 Å². The lowest BCUT2D eigenvalue weighted by atomic mass is 10.1. The molecule has 35 heavy (non-hydrogen) atoms. The van der Waals surface area contributed by atoms with E-state index in [-0.39, 0.29) is 10.0 Å². The van der Waals surface area contributed by atoms with E-state index in [2.05, 4.69) is 20.2 Å². The van der Waals surface area contributed by atoms with Crippen LogP contribution in [0.15, 0.2) is 41.3 Å². The average Bonchev–Trinajstić information content (AvgIpc) is 3.28. The number of sulfonamides is 1. The molecule has 0 spiro atoms. The monoisotopic (exact) mass is 520 g/mol. The van der Waals surface area contributed by atoms with E-state index in [1.54, 1.807) is 12.1 Å². The van der Waals surface area contributed by atoms with Gasteiger partial charge in [0.1, 0.15) is 5.01 Å². The Hall–Kier alpha value is -3.38. The predicted molar refractivity (Wildman–Crippen MR) is 134 cm³/mol. The maximum atomic E-state index is 12.9. The fraction of sp³-hybridized carbons (Fsp3) is 0.348. The van der Waals surface area contributed by atoms with Gasteiger partial charge >= 0.3 is 0 Å². The zero-order chi connectivity index (χ0) is 25.4. The molecule has 1 heterocycles. The van der Waals surface area contributed by atoms with Gasteiger partial charge in [-0.2, -0.15) is 0 Å². The second kappa shape index (κ2) is 11.8. The van der Waals surface area contributed by atoms with Crippen LogP contribution >= 0.6 is 11.3 Å². The molecule has 0 radical (unpaired) electrons. The fourth-order valence-electron chi connectivity index (χ4n) is 3.05. The van der Waals surface area contributed by atoms with E-state index in [0.29, 0.717) is 54.7 Å². The van der Waals surface area contributed by atoms with Gasteiger partial charge in [-0.25, -0.2) is 8.42 Å². The SMILES string of the molecule is CCOc1cc(C(=O)Nc2ccc(S(=O)(=O)Nc3nnc(CC)s3)cc2)cc(OCC)c1OCC. The molecule has 3 aromatic rings. The van der Waals surface area contributed by atoms with E-state index in [1.807, 2.05) is 27.7 Å². The molecule has 0 aliphatic carbocycles. The smallest absolute Gasteiger partial charge is 0.263 e. The normalized spacial score (nSPS) is 11.1. The predicted octanol–water partition coefficient (Wildman–Crippen LogP) is 4.35. The molecule has 1 aromatic heterocycles. The van der Waals surface area contributed by atoms with Crippen molar-refractivity contribution < 1.29 is 27.4 Å². The molecule has 12 heteroatoms. The largest absolute Gasteiger partial charge is 0.490 e. The van der Waals surface area contributed by atoms with Crippen LogP contribution in [-0.2, 0) is 16.4 Å². The Kier molecular flexibility index (Phi) is 8.88. The zero-order valence-corrected chi connectivity index (χ0v) is 21.6. The van der Waals surface area contributed by atoms with Crippen molar-refractivity contribution >= 4 is 38.1 Å². The highest BCUT2D eigenvalue weighted by molar-refractivity contribution is 7.93. The third-order valence-electron chi connectivity index (χ3n) is 4.58. The summed E-state index contributed by atoms with van der Waals surface area (Å²) >= 11 is 1.18. The molecule has 0 aliphatic rings. The number of anilines is 2. The molecule has 1 amide bonds. The number of amides is 1. The van der Waals surface area contributed by atoms with Crippen LogP contribution in [0.4, 0.5) is 10.8 Å². The van der Waals surface area contributed by atoms with Crippen LogP contribution in [0.3, 0.4) is 0 Å². The third-order valence-corrected chi connectivity index (χ3v) is 7.05. The highest BCUT2D eigenvalue weighted by Crippen LogP contribution is 2.39. The number of rotatable bonds is 12. The first-order chi connectivity index (χ1) is 16.8. The van der Waals surface area contributed by atoms with E-state index in [9.17, 15) is 13.2 Å². The van der Waals surface area contributed by atoms with Crippen molar-refractivity contribution in [3.8, 4) is 17.2 Å². The van der Waals surface area contributed by atoms with E-state index in [1.165, 1.54) is 35.6 Å². The van der Waals surface area contributed by atoms with E-state index in [4.69, 9.17) is 14.2 Å². The van der Waals surface area contributed by atoms with E-state index in [0.717, 1.165) is 5.01 Å². The Bertz CT molecular complexity index is 1230. The average molecular weight is 521 g/mol. The van der Waals surface area contributed by atoms with Crippen LogP contribution in [0.1, 0.15) is 43.1 Å². The Morgan fingerprint density at radius 1 is 0.914 bits per heavy atom. The summed E-state index contributed by atoms with van der Waals surface area (Å²) in [5, 5.41) is 11.4. The third kappa shape index (κ3) is 6.61. The summed E-state index contributed by atoms with van der Waals surface area (Å²) < 4.78 is 44.7. The maximum Gasteiger partial charge on any atom is 0.263 e. The van der Waals surface area contributed by atoms with Crippen LogP contribution in [0, 0.1) is 0 Å². The molecule has 2 aromatic carbocycles. The number of hydrogen-bond donors (Lipinski definition) is 2. The van der Waals surface area contributed by atoms with Crippen molar-refractivity contribution in [2.45, 2.75) is 39.0 Å². The standard InChI is InChI=1S/C23H28N4O6S2/c1-5-20-25-26-23(34-20)27-35(29,30)17-11-9-16(10-12-17)24-22(28)15-13-18(31-6-2)21(33-8-4)19(14-15)32-7-3/h9-14H,5-8H2,1-4H3,(H,24,28)(H,26,27). The first kappa shape index (κ1) is 26.2. The Morgan fingerprint density at radius 3 is 2.03 bits per heavy atom.